The Morgan fingerprint density at radius 2 is 2.29 bits per heavy atom. The van der Waals surface area contributed by atoms with Crippen LogP contribution < -0.4 is 10.2 Å². The number of rotatable bonds is 4. The Morgan fingerprint density at radius 1 is 1.43 bits per heavy atom. The molecule has 1 aromatic carbocycles. The first-order valence-electron chi connectivity index (χ1n) is 7.32. The largest absolute Gasteiger partial charge is 0.382 e. The van der Waals surface area contributed by atoms with E-state index < -0.39 is 0 Å². The number of fused-ring (bicyclic) bond motifs is 1. The van der Waals surface area contributed by atoms with Gasteiger partial charge >= 0.3 is 0 Å². The molecule has 0 saturated heterocycles. The van der Waals surface area contributed by atoms with Crippen molar-refractivity contribution in [2.75, 3.05) is 16.8 Å². The summed E-state index contributed by atoms with van der Waals surface area (Å²) in [7, 11) is 0. The van der Waals surface area contributed by atoms with Gasteiger partial charge in [-0.25, -0.2) is 0 Å². The predicted octanol–water partition coefficient (Wildman–Crippen LogP) is 3.70. The third kappa shape index (κ3) is 3.10. The molecule has 1 amide bonds. The van der Waals surface area contributed by atoms with Crippen molar-refractivity contribution in [2.45, 2.75) is 32.7 Å². The van der Waals surface area contributed by atoms with Crippen molar-refractivity contribution in [3.8, 4) is 0 Å². The summed E-state index contributed by atoms with van der Waals surface area (Å²) in [5.74, 6) is 0.125. The lowest BCUT2D eigenvalue weighted by Gasteiger charge is -2.17. The molecule has 0 spiro atoms. The number of amides is 1. The number of nitrogens with one attached hydrogen (secondary N) is 1. The summed E-state index contributed by atoms with van der Waals surface area (Å²) in [6.45, 7) is 4.63. The van der Waals surface area contributed by atoms with Crippen LogP contribution in [0.15, 0.2) is 35.0 Å². The molecule has 0 unspecified atom stereocenters. The van der Waals surface area contributed by atoms with Crippen LogP contribution in [-0.4, -0.2) is 18.5 Å². The lowest BCUT2D eigenvalue weighted by atomic mass is 10.1. The third-order valence-corrected chi connectivity index (χ3v) is 4.62. The topological polar surface area (TPSA) is 32.3 Å². The maximum absolute atomic E-state index is 11.6. The lowest BCUT2D eigenvalue weighted by Crippen LogP contribution is -2.25. The Labute approximate surface area is 129 Å². The number of carbonyl (C=O) groups is 1. The molecule has 2 heterocycles. The van der Waals surface area contributed by atoms with Crippen molar-refractivity contribution >= 4 is 28.6 Å². The summed E-state index contributed by atoms with van der Waals surface area (Å²) in [4.78, 5) is 13.4. The molecule has 21 heavy (non-hydrogen) atoms. The summed E-state index contributed by atoms with van der Waals surface area (Å²) in [6.07, 6.45) is 1.98. The Hall–Kier alpha value is -1.81. The molecule has 1 atom stereocenters. The molecule has 2 aromatic rings. The van der Waals surface area contributed by atoms with E-state index in [1.807, 2.05) is 4.90 Å². The minimum atomic E-state index is 0.125. The van der Waals surface area contributed by atoms with Gasteiger partial charge in [-0.3, -0.25) is 4.79 Å². The highest BCUT2D eigenvalue weighted by atomic mass is 32.1. The highest BCUT2D eigenvalue weighted by Gasteiger charge is 2.22. The highest BCUT2D eigenvalue weighted by molar-refractivity contribution is 7.07. The summed E-state index contributed by atoms with van der Waals surface area (Å²) in [5, 5.41) is 7.87. The highest BCUT2D eigenvalue weighted by Crippen LogP contribution is 2.30. The van der Waals surface area contributed by atoms with Crippen molar-refractivity contribution in [3.05, 3.63) is 46.2 Å². The predicted molar refractivity (Wildman–Crippen MR) is 89.3 cm³/mol. The minimum Gasteiger partial charge on any atom is -0.382 e. The molecule has 1 N–H and O–H groups in total. The number of carbonyl (C=O) groups excluding carboxylic acids is 1. The van der Waals surface area contributed by atoms with Crippen LogP contribution >= 0.6 is 11.3 Å². The summed E-state index contributed by atoms with van der Waals surface area (Å²) < 4.78 is 0. The maximum atomic E-state index is 11.6. The first-order valence-corrected chi connectivity index (χ1v) is 8.26. The van der Waals surface area contributed by atoms with E-state index in [-0.39, 0.29) is 5.91 Å². The molecule has 1 aromatic heterocycles. The van der Waals surface area contributed by atoms with Crippen LogP contribution in [0.5, 0.6) is 0 Å². The molecule has 0 saturated carbocycles. The molecule has 1 aliphatic rings. The van der Waals surface area contributed by atoms with Gasteiger partial charge in [0, 0.05) is 30.9 Å². The van der Waals surface area contributed by atoms with Crippen LogP contribution in [0.4, 0.5) is 11.4 Å². The van der Waals surface area contributed by atoms with E-state index in [4.69, 9.17) is 0 Å². The maximum Gasteiger partial charge on any atom is 0.223 e. The van der Waals surface area contributed by atoms with E-state index in [0.717, 1.165) is 30.8 Å². The van der Waals surface area contributed by atoms with Gasteiger partial charge in [0.1, 0.15) is 0 Å². The average molecular weight is 300 g/mol. The Balaban J connectivity index is 1.69. The van der Waals surface area contributed by atoms with Gasteiger partial charge < -0.3 is 10.2 Å². The summed E-state index contributed by atoms with van der Waals surface area (Å²) in [6, 6.07) is 8.88. The average Bonchev–Trinajstić information content (AvgIpc) is 3.06. The molecule has 3 rings (SSSR count). The fourth-order valence-corrected chi connectivity index (χ4v) is 3.60. The van der Waals surface area contributed by atoms with Gasteiger partial charge in [-0.2, -0.15) is 11.3 Å². The smallest absolute Gasteiger partial charge is 0.223 e. The van der Waals surface area contributed by atoms with Crippen molar-refractivity contribution in [1.29, 1.82) is 0 Å². The molecule has 0 bridgehead atoms. The quantitative estimate of drug-likeness (QED) is 0.933. The third-order valence-electron chi connectivity index (χ3n) is 3.89. The van der Waals surface area contributed by atoms with Gasteiger partial charge in [-0.1, -0.05) is 0 Å². The molecule has 110 valence electrons. The standard InChI is InChI=1S/C17H20N2OS/c1-12(9-14-6-8-21-11-14)18-16-3-4-17-15(10-16)5-7-19(17)13(2)20/h3-4,6,8,10-12,18H,5,7,9H2,1-2H3/t12-/m1/s1. The number of nitrogens with zero attached hydrogens (tertiary/aromatic N) is 1. The van der Waals surface area contributed by atoms with Crippen LogP contribution in [0.2, 0.25) is 0 Å². The molecule has 1 aliphatic heterocycles. The van der Waals surface area contributed by atoms with E-state index in [0.29, 0.717) is 6.04 Å². The first kappa shape index (κ1) is 14.1. The zero-order valence-electron chi connectivity index (χ0n) is 12.4. The Kier molecular flexibility index (Phi) is 3.97. The van der Waals surface area contributed by atoms with Crippen LogP contribution in [-0.2, 0) is 17.6 Å². The molecular weight excluding hydrogens is 280 g/mol. The van der Waals surface area contributed by atoms with Crippen LogP contribution in [0.1, 0.15) is 25.0 Å². The van der Waals surface area contributed by atoms with E-state index in [1.165, 1.54) is 11.1 Å². The van der Waals surface area contributed by atoms with Crippen LogP contribution in [0, 0.1) is 0 Å². The summed E-state index contributed by atoms with van der Waals surface area (Å²) in [5.41, 5.74) is 4.85. The van der Waals surface area contributed by atoms with Crippen molar-refractivity contribution in [3.63, 3.8) is 0 Å². The van der Waals surface area contributed by atoms with E-state index in [1.54, 1.807) is 18.3 Å². The zero-order chi connectivity index (χ0) is 14.8. The van der Waals surface area contributed by atoms with Gasteiger partial charge in [-0.05, 0) is 65.9 Å². The SMILES string of the molecule is CC(=O)N1CCc2cc(N[C@H](C)Cc3ccsc3)ccc21. The fraction of sp³-hybridized carbons (Fsp3) is 0.353. The Morgan fingerprint density at radius 3 is 3.00 bits per heavy atom. The molecule has 3 nitrogen and oxygen atoms in total. The summed E-state index contributed by atoms with van der Waals surface area (Å²) >= 11 is 1.74. The van der Waals surface area contributed by atoms with Crippen molar-refractivity contribution in [1.82, 2.24) is 0 Å². The first-order chi connectivity index (χ1) is 10.1. The van der Waals surface area contributed by atoms with E-state index in [2.05, 4.69) is 47.3 Å². The van der Waals surface area contributed by atoms with Crippen molar-refractivity contribution in [2.24, 2.45) is 0 Å². The van der Waals surface area contributed by atoms with Gasteiger partial charge in [0.15, 0.2) is 0 Å². The second-order valence-corrected chi connectivity index (χ2v) is 6.43. The fourth-order valence-electron chi connectivity index (χ4n) is 2.92. The number of thiophene rings is 1. The van der Waals surface area contributed by atoms with Gasteiger partial charge in [0.05, 0.1) is 0 Å². The molecule has 0 fully saturated rings. The van der Waals surface area contributed by atoms with Gasteiger partial charge in [-0.15, -0.1) is 0 Å². The van der Waals surface area contributed by atoms with Crippen LogP contribution in [0.3, 0.4) is 0 Å². The second kappa shape index (κ2) is 5.90. The molecule has 0 radical (unpaired) electrons. The van der Waals surface area contributed by atoms with Gasteiger partial charge in [0.25, 0.3) is 0 Å². The number of anilines is 2. The lowest BCUT2D eigenvalue weighted by molar-refractivity contribution is -0.116. The molecule has 0 aliphatic carbocycles. The number of hydrogen-bond acceptors (Lipinski definition) is 3. The molecular formula is C17H20N2OS. The second-order valence-electron chi connectivity index (χ2n) is 5.65. The van der Waals surface area contributed by atoms with Gasteiger partial charge in [0.2, 0.25) is 5.91 Å². The number of benzene rings is 1. The Bertz CT molecular complexity index is 636. The minimum absolute atomic E-state index is 0.125. The molecule has 4 heteroatoms. The van der Waals surface area contributed by atoms with Crippen LogP contribution in [0.25, 0.3) is 0 Å². The van der Waals surface area contributed by atoms with E-state index in [9.17, 15) is 4.79 Å². The zero-order valence-corrected chi connectivity index (χ0v) is 13.2. The number of hydrogen-bond donors (Lipinski definition) is 1. The van der Waals surface area contributed by atoms with Crippen molar-refractivity contribution < 1.29 is 4.79 Å². The van der Waals surface area contributed by atoms with E-state index >= 15 is 0 Å². The monoisotopic (exact) mass is 300 g/mol. The normalized spacial score (nSPS) is 14.9.